The Morgan fingerprint density at radius 3 is 2.46 bits per heavy atom. The molecular formula is C21H26N2O3. The van der Waals surface area contributed by atoms with Crippen molar-refractivity contribution in [1.29, 1.82) is 0 Å². The van der Waals surface area contributed by atoms with E-state index in [9.17, 15) is 9.59 Å². The highest BCUT2D eigenvalue weighted by atomic mass is 16.5. The van der Waals surface area contributed by atoms with Gasteiger partial charge in [-0.3, -0.25) is 4.79 Å². The number of carbonyl (C=O) groups is 1. The molecule has 0 saturated carbocycles. The Balaban J connectivity index is 1.65. The third-order valence-electron chi connectivity index (χ3n) is 6.01. The van der Waals surface area contributed by atoms with Gasteiger partial charge in [0.1, 0.15) is 11.7 Å². The molecule has 0 N–H and O–H groups in total. The van der Waals surface area contributed by atoms with Crippen LogP contribution in [0, 0.1) is 0 Å². The number of ether oxygens (including phenoxy) is 1. The van der Waals surface area contributed by atoms with Crippen molar-refractivity contribution in [2.24, 2.45) is 0 Å². The number of aromatic nitrogens is 1. The molecule has 2 aliphatic heterocycles. The zero-order chi connectivity index (χ0) is 18.4. The van der Waals surface area contributed by atoms with Crippen molar-refractivity contribution >= 4 is 16.9 Å². The number of hydrogen-bond donors (Lipinski definition) is 0. The third-order valence-corrected chi connectivity index (χ3v) is 6.01. The van der Waals surface area contributed by atoms with Crippen LogP contribution in [-0.4, -0.2) is 40.7 Å². The molecule has 2 aliphatic rings. The normalized spacial score (nSPS) is 25.8. The van der Waals surface area contributed by atoms with Crippen LogP contribution >= 0.6 is 0 Å². The molecule has 5 heteroatoms. The summed E-state index contributed by atoms with van der Waals surface area (Å²) in [6, 6.07) is 10.3. The van der Waals surface area contributed by atoms with Crippen LogP contribution < -0.4 is 5.56 Å². The molecule has 5 nitrogen and oxygen atoms in total. The maximum atomic E-state index is 13.0. The second-order valence-corrected chi connectivity index (χ2v) is 7.93. The SMILES string of the molecule is CC(C)n1c(=O)c(C(=O)OC2CC3CCC(C2)N3C)cc2ccccc21. The molecule has 1 aromatic carbocycles. The van der Waals surface area contributed by atoms with Crippen LogP contribution in [0.3, 0.4) is 0 Å². The summed E-state index contributed by atoms with van der Waals surface area (Å²) in [5.74, 6) is -0.482. The van der Waals surface area contributed by atoms with Crippen molar-refractivity contribution in [2.45, 2.75) is 63.8 Å². The van der Waals surface area contributed by atoms with Gasteiger partial charge >= 0.3 is 5.97 Å². The molecule has 0 amide bonds. The van der Waals surface area contributed by atoms with E-state index in [2.05, 4.69) is 11.9 Å². The Morgan fingerprint density at radius 2 is 1.81 bits per heavy atom. The first kappa shape index (κ1) is 17.3. The fourth-order valence-electron chi connectivity index (χ4n) is 4.62. The number of piperidine rings is 1. The van der Waals surface area contributed by atoms with Crippen LogP contribution in [0.25, 0.3) is 10.9 Å². The zero-order valence-electron chi connectivity index (χ0n) is 15.6. The van der Waals surface area contributed by atoms with Gasteiger partial charge in [-0.25, -0.2) is 4.79 Å². The Morgan fingerprint density at radius 1 is 1.15 bits per heavy atom. The topological polar surface area (TPSA) is 51.5 Å². The van der Waals surface area contributed by atoms with Crippen LogP contribution in [-0.2, 0) is 4.74 Å². The highest BCUT2D eigenvalue weighted by Gasteiger charge is 2.40. The average Bonchev–Trinajstić information content (AvgIpc) is 2.82. The van der Waals surface area contributed by atoms with E-state index < -0.39 is 5.97 Å². The largest absolute Gasteiger partial charge is 0.459 e. The first-order chi connectivity index (χ1) is 12.5. The molecule has 0 radical (unpaired) electrons. The Hall–Kier alpha value is -2.14. The number of esters is 1. The van der Waals surface area contributed by atoms with Gasteiger partial charge in [-0.05, 0) is 51.3 Å². The van der Waals surface area contributed by atoms with Gasteiger partial charge in [0.15, 0.2) is 0 Å². The number of benzene rings is 1. The van der Waals surface area contributed by atoms with Gasteiger partial charge in [0.05, 0.1) is 5.52 Å². The Labute approximate surface area is 153 Å². The quantitative estimate of drug-likeness (QED) is 0.793. The molecule has 0 spiro atoms. The highest BCUT2D eigenvalue weighted by molar-refractivity contribution is 5.94. The van der Waals surface area contributed by atoms with E-state index in [0.29, 0.717) is 12.1 Å². The lowest BCUT2D eigenvalue weighted by Gasteiger charge is -2.35. The second kappa shape index (κ2) is 6.54. The Kier molecular flexibility index (Phi) is 4.35. The van der Waals surface area contributed by atoms with Gasteiger partial charge in [-0.15, -0.1) is 0 Å². The highest BCUT2D eigenvalue weighted by Crippen LogP contribution is 2.35. The maximum absolute atomic E-state index is 13.0. The minimum absolute atomic E-state index is 0.0284. The van der Waals surface area contributed by atoms with Gasteiger partial charge in [0.2, 0.25) is 0 Å². The number of rotatable bonds is 3. The summed E-state index contributed by atoms with van der Waals surface area (Å²) in [5, 5.41) is 0.885. The van der Waals surface area contributed by atoms with Crippen LogP contribution in [0.5, 0.6) is 0 Å². The van der Waals surface area contributed by atoms with E-state index in [-0.39, 0.29) is 23.3 Å². The summed E-state index contributed by atoms with van der Waals surface area (Å²) in [6.07, 6.45) is 3.99. The monoisotopic (exact) mass is 354 g/mol. The summed E-state index contributed by atoms with van der Waals surface area (Å²) in [7, 11) is 2.16. The van der Waals surface area contributed by atoms with Crippen molar-refractivity contribution in [2.75, 3.05) is 7.05 Å². The number of pyridine rings is 1. The van der Waals surface area contributed by atoms with Gasteiger partial charge < -0.3 is 14.2 Å². The molecule has 2 atom stereocenters. The summed E-state index contributed by atoms with van der Waals surface area (Å²) in [5.41, 5.74) is 0.727. The van der Waals surface area contributed by atoms with Crippen LogP contribution in [0.4, 0.5) is 0 Å². The van der Waals surface area contributed by atoms with E-state index >= 15 is 0 Å². The smallest absolute Gasteiger partial charge is 0.344 e. The standard InChI is InChI=1S/C21H26N2O3/c1-13(2)23-19-7-5-4-6-14(19)10-18(20(23)24)21(25)26-17-11-15-8-9-16(12-17)22(15)3/h4-7,10,13,15-17H,8-9,11-12H2,1-3H3. The summed E-state index contributed by atoms with van der Waals surface area (Å²) in [6.45, 7) is 3.91. The van der Waals surface area contributed by atoms with Crippen molar-refractivity contribution in [3.8, 4) is 0 Å². The van der Waals surface area contributed by atoms with Gasteiger partial charge in [0.25, 0.3) is 5.56 Å². The number of fused-ring (bicyclic) bond motifs is 3. The fraction of sp³-hybridized carbons (Fsp3) is 0.524. The van der Waals surface area contributed by atoms with E-state index in [0.717, 1.165) is 23.7 Å². The minimum atomic E-state index is -0.482. The Bertz CT molecular complexity index is 888. The summed E-state index contributed by atoms with van der Waals surface area (Å²) >= 11 is 0. The van der Waals surface area contributed by atoms with Crippen LogP contribution in [0.1, 0.15) is 55.9 Å². The molecule has 2 bridgehead atoms. The molecule has 4 rings (SSSR count). The lowest BCUT2D eigenvalue weighted by Crippen LogP contribution is -2.43. The molecule has 2 aromatic rings. The molecular weight excluding hydrogens is 328 g/mol. The zero-order valence-corrected chi connectivity index (χ0v) is 15.6. The predicted octanol–water partition coefficient (Wildman–Crippen LogP) is 3.36. The second-order valence-electron chi connectivity index (χ2n) is 7.93. The van der Waals surface area contributed by atoms with Gasteiger partial charge in [-0.2, -0.15) is 0 Å². The first-order valence-electron chi connectivity index (χ1n) is 9.53. The fourth-order valence-corrected chi connectivity index (χ4v) is 4.62. The number of nitrogens with zero attached hydrogens (tertiary/aromatic N) is 2. The first-order valence-corrected chi connectivity index (χ1v) is 9.53. The molecule has 138 valence electrons. The van der Waals surface area contributed by atoms with E-state index in [1.807, 2.05) is 38.1 Å². The van der Waals surface area contributed by atoms with E-state index in [1.165, 1.54) is 12.8 Å². The average molecular weight is 354 g/mol. The van der Waals surface area contributed by atoms with Crippen molar-refractivity contribution in [3.63, 3.8) is 0 Å². The molecule has 1 aromatic heterocycles. The van der Waals surface area contributed by atoms with Crippen molar-refractivity contribution in [1.82, 2.24) is 9.47 Å². The van der Waals surface area contributed by atoms with Crippen LogP contribution in [0.15, 0.2) is 35.1 Å². The number of carbonyl (C=O) groups excluding carboxylic acids is 1. The van der Waals surface area contributed by atoms with Crippen LogP contribution in [0.2, 0.25) is 0 Å². The van der Waals surface area contributed by atoms with Crippen molar-refractivity contribution < 1.29 is 9.53 Å². The molecule has 2 fully saturated rings. The molecule has 2 unspecified atom stereocenters. The summed E-state index contributed by atoms with van der Waals surface area (Å²) < 4.78 is 7.48. The molecule has 2 saturated heterocycles. The van der Waals surface area contributed by atoms with E-state index in [1.54, 1.807) is 10.6 Å². The lowest BCUT2D eigenvalue weighted by atomic mass is 10.0. The number of para-hydroxylation sites is 1. The van der Waals surface area contributed by atoms with E-state index in [4.69, 9.17) is 4.74 Å². The van der Waals surface area contributed by atoms with Crippen molar-refractivity contribution in [3.05, 3.63) is 46.2 Å². The summed E-state index contributed by atoms with van der Waals surface area (Å²) in [4.78, 5) is 28.2. The van der Waals surface area contributed by atoms with Gasteiger partial charge in [0, 0.05) is 31.0 Å². The van der Waals surface area contributed by atoms with Gasteiger partial charge in [-0.1, -0.05) is 18.2 Å². The maximum Gasteiger partial charge on any atom is 0.344 e. The predicted molar refractivity (Wildman–Crippen MR) is 102 cm³/mol. The number of hydrogen-bond acceptors (Lipinski definition) is 4. The third kappa shape index (κ3) is 2.84. The minimum Gasteiger partial charge on any atom is -0.459 e. The molecule has 26 heavy (non-hydrogen) atoms. The molecule has 0 aliphatic carbocycles. The molecule has 3 heterocycles. The lowest BCUT2D eigenvalue weighted by molar-refractivity contribution is -0.000644.